The van der Waals surface area contributed by atoms with Gasteiger partial charge in [0.05, 0.1) is 12.3 Å². The molecule has 0 aliphatic carbocycles. The highest BCUT2D eigenvalue weighted by Gasteiger charge is 2.29. The zero-order valence-corrected chi connectivity index (χ0v) is 17.2. The van der Waals surface area contributed by atoms with Crippen molar-refractivity contribution in [2.45, 2.75) is 6.61 Å². The van der Waals surface area contributed by atoms with Gasteiger partial charge in [-0.15, -0.1) is 0 Å². The first kappa shape index (κ1) is 22.1. The number of hydrogen-bond donors (Lipinski definition) is 3. The van der Waals surface area contributed by atoms with Crippen LogP contribution in [0.3, 0.4) is 0 Å². The van der Waals surface area contributed by atoms with E-state index in [1.54, 1.807) is 60.7 Å². The molecule has 0 bridgehead atoms. The summed E-state index contributed by atoms with van der Waals surface area (Å²) in [5, 5.41) is 17.2. The van der Waals surface area contributed by atoms with Gasteiger partial charge in [0.1, 0.15) is 0 Å². The lowest BCUT2D eigenvalue weighted by Gasteiger charge is -2.15. The summed E-state index contributed by atoms with van der Waals surface area (Å²) in [4.78, 5) is 25.2. The predicted molar refractivity (Wildman–Crippen MR) is 117 cm³/mol. The van der Waals surface area contributed by atoms with Gasteiger partial charge in [-0.2, -0.15) is 0 Å². The summed E-state index contributed by atoms with van der Waals surface area (Å²) < 4.78 is 25.0. The van der Waals surface area contributed by atoms with E-state index in [0.29, 0.717) is 11.1 Å². The number of benzene rings is 3. The summed E-state index contributed by atoms with van der Waals surface area (Å²) in [6.45, 7) is -0.227. The van der Waals surface area contributed by atoms with Crippen molar-refractivity contribution < 1.29 is 23.1 Å². The van der Waals surface area contributed by atoms with Crippen LogP contribution in [-0.4, -0.2) is 25.2 Å². The van der Waals surface area contributed by atoms with Gasteiger partial charge in [0, 0.05) is 11.1 Å². The molecule has 31 heavy (non-hydrogen) atoms. The Kier molecular flexibility index (Phi) is 6.76. The van der Waals surface area contributed by atoms with Crippen LogP contribution in [0, 0.1) is 0 Å². The number of amides is 1. The van der Waals surface area contributed by atoms with Crippen LogP contribution in [0.25, 0.3) is 5.70 Å². The lowest BCUT2D eigenvalue weighted by atomic mass is 10.0. The van der Waals surface area contributed by atoms with Crippen molar-refractivity contribution in [1.82, 2.24) is 5.32 Å². The largest absolute Gasteiger partial charge is 0.392 e. The van der Waals surface area contributed by atoms with E-state index in [0.717, 1.165) is 0 Å². The molecule has 0 saturated carbocycles. The van der Waals surface area contributed by atoms with E-state index in [2.05, 4.69) is 5.32 Å². The van der Waals surface area contributed by atoms with E-state index < -0.39 is 26.6 Å². The van der Waals surface area contributed by atoms with Crippen molar-refractivity contribution in [1.29, 1.82) is 0 Å². The van der Waals surface area contributed by atoms with Crippen molar-refractivity contribution in [3.8, 4) is 0 Å². The fraction of sp³-hybridized carbons (Fsp3) is 0.0435. The van der Waals surface area contributed by atoms with Gasteiger partial charge in [0.25, 0.3) is 5.91 Å². The number of rotatable bonds is 7. The third-order valence-corrected chi connectivity index (χ3v) is 5.41. The molecule has 3 rings (SSSR count). The summed E-state index contributed by atoms with van der Waals surface area (Å²) in [7, 11) is -4.54. The van der Waals surface area contributed by atoms with Crippen LogP contribution >= 0.6 is 0 Å². The highest BCUT2D eigenvalue weighted by molar-refractivity contribution is 7.94. The summed E-state index contributed by atoms with van der Waals surface area (Å²) in [5.41, 5.74) is 0.968. The number of ketones is 1. The van der Waals surface area contributed by atoms with E-state index in [1.165, 1.54) is 24.3 Å². The van der Waals surface area contributed by atoms with Gasteiger partial charge in [0.15, 0.2) is 4.91 Å². The van der Waals surface area contributed by atoms with Crippen LogP contribution < -0.4 is 10.5 Å². The number of aliphatic hydroxyl groups is 1. The zero-order chi connectivity index (χ0) is 22.4. The topological polar surface area (TPSA) is 127 Å². The van der Waals surface area contributed by atoms with Crippen LogP contribution in [0.2, 0.25) is 0 Å². The Bertz CT molecular complexity index is 1220. The Labute approximate surface area is 179 Å². The van der Waals surface area contributed by atoms with Crippen LogP contribution in [0.1, 0.15) is 31.8 Å². The lowest BCUT2D eigenvalue weighted by Crippen LogP contribution is -2.30. The van der Waals surface area contributed by atoms with E-state index >= 15 is 0 Å². The molecule has 158 valence electrons. The number of carbonyl (C=O) groups is 2. The number of nitrogens with one attached hydrogen (secondary N) is 1. The molecule has 3 aromatic rings. The van der Waals surface area contributed by atoms with E-state index in [-0.39, 0.29) is 23.4 Å². The number of sulfonamides is 1. The second-order valence-electron chi connectivity index (χ2n) is 6.62. The van der Waals surface area contributed by atoms with Gasteiger partial charge in [-0.3, -0.25) is 9.59 Å². The van der Waals surface area contributed by atoms with Crippen molar-refractivity contribution >= 4 is 27.4 Å². The molecule has 4 N–H and O–H groups in total. The molecule has 0 aromatic heterocycles. The number of carbonyl (C=O) groups excluding carboxylic acids is 2. The average Bonchev–Trinajstić information content (AvgIpc) is 2.78. The summed E-state index contributed by atoms with van der Waals surface area (Å²) >= 11 is 0. The molecule has 0 unspecified atom stereocenters. The smallest absolute Gasteiger partial charge is 0.255 e. The number of hydrogen-bond acceptors (Lipinski definition) is 5. The van der Waals surface area contributed by atoms with E-state index in [4.69, 9.17) is 5.14 Å². The lowest BCUT2D eigenvalue weighted by molar-refractivity contribution is 0.0973. The minimum atomic E-state index is -4.54. The monoisotopic (exact) mass is 436 g/mol. The third-order valence-electron chi connectivity index (χ3n) is 4.45. The second kappa shape index (κ2) is 9.48. The average molecular weight is 436 g/mol. The Hall–Kier alpha value is -3.59. The minimum Gasteiger partial charge on any atom is -0.392 e. The first-order valence-electron chi connectivity index (χ1n) is 9.24. The molecule has 0 aliphatic heterocycles. The standard InChI is InChI=1S/C23H20N2O5S/c24-31(29,30)22(21(27)18-13-11-16(15-26)12-14-18)20(17-7-3-1-4-8-17)25-23(28)19-9-5-2-6-10-19/h1-14,26H,15H2,(H,25,28)(H2,24,29,30). The molecule has 0 atom stereocenters. The van der Waals surface area contributed by atoms with Crippen LogP contribution in [0.15, 0.2) is 89.8 Å². The molecule has 7 nitrogen and oxygen atoms in total. The Balaban J connectivity index is 2.18. The minimum absolute atomic E-state index is 0.0450. The molecule has 0 fully saturated rings. The SMILES string of the molecule is NS(=O)(=O)C(C(=O)c1ccc(CO)cc1)=C(NC(=O)c1ccccc1)c1ccccc1. The Morgan fingerprint density at radius 3 is 1.77 bits per heavy atom. The fourth-order valence-corrected chi connectivity index (χ4v) is 3.75. The number of nitrogens with two attached hydrogens (primary N) is 1. The second-order valence-corrected chi connectivity index (χ2v) is 8.12. The maximum Gasteiger partial charge on any atom is 0.255 e. The van der Waals surface area contributed by atoms with Crippen LogP contribution in [-0.2, 0) is 16.6 Å². The zero-order valence-electron chi connectivity index (χ0n) is 16.4. The molecule has 0 aliphatic rings. The number of aliphatic hydroxyl groups excluding tert-OH is 1. The van der Waals surface area contributed by atoms with Crippen molar-refractivity contribution in [2.24, 2.45) is 5.14 Å². The van der Waals surface area contributed by atoms with Crippen molar-refractivity contribution in [2.75, 3.05) is 0 Å². The summed E-state index contributed by atoms with van der Waals surface area (Å²) in [6, 6.07) is 22.1. The highest BCUT2D eigenvalue weighted by Crippen LogP contribution is 2.24. The predicted octanol–water partition coefficient (Wildman–Crippen LogP) is 2.45. The van der Waals surface area contributed by atoms with Crippen LogP contribution in [0.5, 0.6) is 0 Å². The normalized spacial score (nSPS) is 12.1. The van der Waals surface area contributed by atoms with Crippen molar-refractivity contribution in [3.63, 3.8) is 0 Å². The first-order chi connectivity index (χ1) is 14.8. The molecule has 0 radical (unpaired) electrons. The molecule has 0 saturated heterocycles. The molecule has 0 spiro atoms. The molecule has 8 heteroatoms. The van der Waals surface area contributed by atoms with Crippen LogP contribution in [0.4, 0.5) is 0 Å². The summed E-state index contributed by atoms with van der Waals surface area (Å²) in [6.07, 6.45) is 0. The quantitative estimate of drug-likeness (QED) is 0.387. The number of primary sulfonamides is 1. The third kappa shape index (κ3) is 5.32. The maximum absolute atomic E-state index is 13.2. The summed E-state index contributed by atoms with van der Waals surface area (Å²) in [5.74, 6) is -1.47. The molecule has 0 heterocycles. The first-order valence-corrected chi connectivity index (χ1v) is 10.8. The number of Topliss-reactive ketones (excluding diaryl/α,β-unsaturated/α-hetero) is 1. The highest BCUT2D eigenvalue weighted by atomic mass is 32.2. The molecule has 1 amide bonds. The Morgan fingerprint density at radius 1 is 0.774 bits per heavy atom. The molecular formula is C23H20N2O5S. The van der Waals surface area contributed by atoms with Gasteiger partial charge in [-0.05, 0) is 23.3 Å². The van der Waals surface area contributed by atoms with Gasteiger partial charge in [0.2, 0.25) is 15.8 Å². The maximum atomic E-state index is 13.2. The van der Waals surface area contributed by atoms with Gasteiger partial charge < -0.3 is 10.4 Å². The molecular weight excluding hydrogens is 416 g/mol. The fourth-order valence-electron chi connectivity index (χ4n) is 2.92. The van der Waals surface area contributed by atoms with Gasteiger partial charge in [-0.25, -0.2) is 13.6 Å². The van der Waals surface area contributed by atoms with E-state index in [9.17, 15) is 23.1 Å². The van der Waals surface area contributed by atoms with E-state index in [1.807, 2.05) is 0 Å². The number of allylic oxidation sites excluding steroid dienone is 1. The Morgan fingerprint density at radius 2 is 1.29 bits per heavy atom. The molecule has 3 aromatic carbocycles. The van der Waals surface area contributed by atoms with Gasteiger partial charge >= 0.3 is 0 Å². The van der Waals surface area contributed by atoms with Crippen molar-refractivity contribution in [3.05, 3.63) is 112 Å². The van der Waals surface area contributed by atoms with Gasteiger partial charge in [-0.1, -0.05) is 72.8 Å².